The van der Waals surface area contributed by atoms with E-state index in [4.69, 9.17) is 11.5 Å². The summed E-state index contributed by atoms with van der Waals surface area (Å²) in [7, 11) is 0. The number of hydrogen-bond acceptors (Lipinski definition) is 5. The summed E-state index contributed by atoms with van der Waals surface area (Å²) in [4.78, 5) is 27.7. The van der Waals surface area contributed by atoms with Gasteiger partial charge in [-0.2, -0.15) is 0 Å². The van der Waals surface area contributed by atoms with Crippen molar-refractivity contribution in [1.29, 1.82) is 0 Å². The number of aryl methyl sites for hydroxylation is 1. The highest BCUT2D eigenvalue weighted by Crippen LogP contribution is 2.18. The molecule has 0 aliphatic rings. The minimum atomic E-state index is -0.607. The molecule has 1 aromatic heterocycles. The van der Waals surface area contributed by atoms with Crippen molar-refractivity contribution in [1.82, 2.24) is 4.98 Å². The number of anilines is 1. The first-order valence-corrected chi connectivity index (χ1v) is 6.67. The van der Waals surface area contributed by atoms with Gasteiger partial charge in [0.05, 0.1) is 11.6 Å². The second kappa shape index (κ2) is 5.70. The molecule has 0 atom stereocenters. The molecule has 0 aliphatic heterocycles. The zero-order chi connectivity index (χ0) is 14.7. The second-order valence-electron chi connectivity index (χ2n) is 4.23. The first kappa shape index (κ1) is 14.0. The summed E-state index contributed by atoms with van der Waals surface area (Å²) in [6.45, 7) is 2.47. The summed E-state index contributed by atoms with van der Waals surface area (Å²) in [5.74, 6) is -1.21. The molecule has 20 heavy (non-hydrogen) atoms. The van der Waals surface area contributed by atoms with Gasteiger partial charge in [-0.05, 0) is 25.1 Å². The number of nitrogens with two attached hydrogens (primary N) is 2. The van der Waals surface area contributed by atoms with E-state index in [0.29, 0.717) is 12.2 Å². The zero-order valence-electron chi connectivity index (χ0n) is 10.8. The molecule has 0 spiro atoms. The molecule has 0 fully saturated rings. The molecule has 2 rings (SSSR count). The third-order valence-corrected chi connectivity index (χ3v) is 3.55. The van der Waals surface area contributed by atoms with Crippen LogP contribution in [0.3, 0.4) is 0 Å². The fourth-order valence-electron chi connectivity index (χ4n) is 1.69. The zero-order valence-corrected chi connectivity index (χ0v) is 11.7. The molecule has 5 N–H and O–H groups in total. The van der Waals surface area contributed by atoms with Gasteiger partial charge in [0.2, 0.25) is 11.8 Å². The average molecular weight is 290 g/mol. The van der Waals surface area contributed by atoms with Crippen molar-refractivity contribution in [3.8, 4) is 0 Å². The Morgan fingerprint density at radius 2 is 1.80 bits per heavy atom. The molecule has 0 aliphatic carbocycles. The number of benzene rings is 1. The number of nitrogens with zero attached hydrogens (tertiary/aromatic N) is 1. The van der Waals surface area contributed by atoms with E-state index in [1.54, 1.807) is 29.7 Å². The van der Waals surface area contributed by atoms with Gasteiger partial charge in [0.25, 0.3) is 0 Å². The van der Waals surface area contributed by atoms with E-state index in [1.165, 1.54) is 6.07 Å². The minimum Gasteiger partial charge on any atom is -0.380 e. The van der Waals surface area contributed by atoms with Gasteiger partial charge in [0, 0.05) is 27.9 Å². The molecule has 0 bridgehead atoms. The lowest BCUT2D eigenvalue weighted by Gasteiger charge is -2.08. The first-order chi connectivity index (χ1) is 9.45. The number of aromatic nitrogens is 1. The van der Waals surface area contributed by atoms with Gasteiger partial charge in [-0.3, -0.25) is 9.59 Å². The summed E-state index contributed by atoms with van der Waals surface area (Å²) >= 11 is 1.57. The first-order valence-electron chi connectivity index (χ1n) is 5.85. The lowest BCUT2D eigenvalue weighted by molar-refractivity contribution is 0.0999. The van der Waals surface area contributed by atoms with Crippen LogP contribution in [0.1, 0.15) is 30.6 Å². The Bertz CT molecular complexity index is 634. The standard InChI is InChI=1S/C13H14N4O2S/c1-7-16-5-11(20-7)6-17-10-3-8(12(14)18)2-9(4-10)13(15)19/h2-5,17H,6H2,1H3,(H2,14,18)(H2,15,19). The molecule has 6 nitrogen and oxygen atoms in total. The monoisotopic (exact) mass is 290 g/mol. The summed E-state index contributed by atoms with van der Waals surface area (Å²) in [5, 5.41) is 4.10. The van der Waals surface area contributed by atoms with Crippen LogP contribution in [0.2, 0.25) is 0 Å². The van der Waals surface area contributed by atoms with Gasteiger partial charge >= 0.3 is 0 Å². The lowest BCUT2D eigenvalue weighted by Crippen LogP contribution is -2.16. The van der Waals surface area contributed by atoms with Crippen LogP contribution in [0.25, 0.3) is 0 Å². The predicted octanol–water partition coefficient (Wildman–Crippen LogP) is 1.26. The molecule has 1 heterocycles. The Labute approximate surface area is 119 Å². The average Bonchev–Trinajstić information content (AvgIpc) is 2.81. The maximum absolute atomic E-state index is 11.2. The number of nitrogens with one attached hydrogen (secondary N) is 1. The SMILES string of the molecule is Cc1ncc(CNc2cc(C(N)=O)cc(C(N)=O)c2)s1. The van der Waals surface area contributed by atoms with Gasteiger partial charge in [-0.25, -0.2) is 4.98 Å². The van der Waals surface area contributed by atoms with Crippen LogP contribution in [0.4, 0.5) is 5.69 Å². The Balaban J connectivity index is 2.21. The van der Waals surface area contributed by atoms with Crippen LogP contribution < -0.4 is 16.8 Å². The summed E-state index contributed by atoms with van der Waals surface area (Å²) < 4.78 is 0. The highest BCUT2D eigenvalue weighted by atomic mass is 32.1. The molecule has 104 valence electrons. The lowest BCUT2D eigenvalue weighted by atomic mass is 10.1. The topological polar surface area (TPSA) is 111 Å². The fraction of sp³-hybridized carbons (Fsp3) is 0.154. The van der Waals surface area contributed by atoms with Crippen LogP contribution >= 0.6 is 11.3 Å². The molecule has 0 radical (unpaired) electrons. The van der Waals surface area contributed by atoms with Crippen molar-refractivity contribution in [3.05, 3.63) is 45.4 Å². The molecular formula is C13H14N4O2S. The molecular weight excluding hydrogens is 276 g/mol. The van der Waals surface area contributed by atoms with E-state index >= 15 is 0 Å². The number of carbonyl (C=O) groups is 2. The largest absolute Gasteiger partial charge is 0.380 e. The number of amides is 2. The van der Waals surface area contributed by atoms with E-state index in [2.05, 4.69) is 10.3 Å². The molecule has 0 unspecified atom stereocenters. The second-order valence-corrected chi connectivity index (χ2v) is 5.55. The van der Waals surface area contributed by atoms with Gasteiger partial charge in [-0.15, -0.1) is 11.3 Å². The van der Waals surface area contributed by atoms with Crippen molar-refractivity contribution in [2.24, 2.45) is 11.5 Å². The van der Waals surface area contributed by atoms with E-state index in [0.717, 1.165) is 9.88 Å². The summed E-state index contributed by atoms with van der Waals surface area (Å²) in [6, 6.07) is 4.55. The van der Waals surface area contributed by atoms with Gasteiger partial charge < -0.3 is 16.8 Å². The van der Waals surface area contributed by atoms with Gasteiger partial charge in [0.15, 0.2) is 0 Å². The van der Waals surface area contributed by atoms with E-state index in [-0.39, 0.29) is 11.1 Å². The summed E-state index contributed by atoms with van der Waals surface area (Å²) in [6.07, 6.45) is 1.78. The van der Waals surface area contributed by atoms with E-state index in [9.17, 15) is 9.59 Å². The smallest absolute Gasteiger partial charge is 0.248 e. The van der Waals surface area contributed by atoms with Crippen molar-refractivity contribution in [2.45, 2.75) is 13.5 Å². The van der Waals surface area contributed by atoms with Gasteiger partial charge in [-0.1, -0.05) is 0 Å². The van der Waals surface area contributed by atoms with E-state index in [1.807, 2.05) is 6.92 Å². The van der Waals surface area contributed by atoms with Crippen molar-refractivity contribution < 1.29 is 9.59 Å². The third-order valence-electron chi connectivity index (χ3n) is 2.64. The maximum Gasteiger partial charge on any atom is 0.248 e. The predicted molar refractivity (Wildman–Crippen MR) is 77.7 cm³/mol. The van der Waals surface area contributed by atoms with Crippen molar-refractivity contribution in [3.63, 3.8) is 0 Å². The minimum absolute atomic E-state index is 0.240. The summed E-state index contributed by atoms with van der Waals surface area (Å²) in [5.41, 5.74) is 11.6. The highest BCUT2D eigenvalue weighted by molar-refractivity contribution is 7.11. The normalized spacial score (nSPS) is 10.2. The van der Waals surface area contributed by atoms with Crippen LogP contribution in [-0.4, -0.2) is 16.8 Å². The van der Waals surface area contributed by atoms with Crippen LogP contribution in [0.15, 0.2) is 24.4 Å². The quantitative estimate of drug-likeness (QED) is 0.769. The number of thiazole rings is 1. The van der Waals surface area contributed by atoms with Crippen molar-refractivity contribution in [2.75, 3.05) is 5.32 Å². The molecule has 0 saturated heterocycles. The van der Waals surface area contributed by atoms with Crippen LogP contribution in [-0.2, 0) is 6.54 Å². The number of rotatable bonds is 5. The van der Waals surface area contributed by atoms with Crippen LogP contribution in [0.5, 0.6) is 0 Å². The molecule has 7 heteroatoms. The molecule has 2 aromatic rings. The Morgan fingerprint density at radius 3 is 2.25 bits per heavy atom. The van der Waals surface area contributed by atoms with Crippen LogP contribution in [0, 0.1) is 6.92 Å². The van der Waals surface area contributed by atoms with E-state index < -0.39 is 11.8 Å². The third kappa shape index (κ3) is 3.33. The Morgan fingerprint density at radius 1 is 1.20 bits per heavy atom. The fourth-order valence-corrected chi connectivity index (χ4v) is 2.42. The molecule has 0 saturated carbocycles. The number of hydrogen-bond donors (Lipinski definition) is 3. The number of carbonyl (C=O) groups excluding carboxylic acids is 2. The molecule has 2 amide bonds. The number of primary amides is 2. The Hall–Kier alpha value is -2.41. The van der Waals surface area contributed by atoms with Gasteiger partial charge in [0.1, 0.15) is 0 Å². The maximum atomic E-state index is 11.2. The Kier molecular flexibility index (Phi) is 3.99. The molecule has 1 aromatic carbocycles. The highest BCUT2D eigenvalue weighted by Gasteiger charge is 2.09. The van der Waals surface area contributed by atoms with Crippen molar-refractivity contribution >= 4 is 28.8 Å².